The number of para-hydroxylation sites is 1. The van der Waals surface area contributed by atoms with Gasteiger partial charge in [0.05, 0.1) is 31.5 Å². The summed E-state index contributed by atoms with van der Waals surface area (Å²) in [5.41, 5.74) is 1.46. The zero-order valence-electron chi connectivity index (χ0n) is 14.6. The molecule has 1 aromatic heterocycles. The quantitative estimate of drug-likeness (QED) is 0.665. The molecule has 0 saturated heterocycles. The lowest BCUT2D eigenvalue weighted by Crippen LogP contribution is -2.08. The van der Waals surface area contributed by atoms with E-state index in [2.05, 4.69) is 10.3 Å². The van der Waals surface area contributed by atoms with Crippen LogP contribution < -0.4 is 19.5 Å². The number of nitrogens with zero attached hydrogens (tertiary/aromatic N) is 1. The lowest BCUT2D eigenvalue weighted by Gasteiger charge is -2.14. The molecule has 0 atom stereocenters. The number of thiazole rings is 1. The molecule has 2 aromatic carbocycles. The maximum absolute atomic E-state index is 12.2. The third-order valence-electron chi connectivity index (χ3n) is 3.62. The number of hydrogen-bond acceptors (Lipinski definition) is 6. The number of ether oxygens (including phenoxy) is 3. The molecule has 6 nitrogen and oxygen atoms in total. The van der Waals surface area contributed by atoms with Crippen molar-refractivity contribution in [2.75, 3.05) is 26.6 Å². The molecule has 7 heteroatoms. The standard InChI is InChI=1S/C19H18N2O4S/c1-23-14-10-12(11-15(24-2)19(14)25-3)20-17(22)8-9-18-21-13-6-4-5-7-16(13)26-18/h4-11H,1-3H3,(H,20,22). The minimum Gasteiger partial charge on any atom is -0.493 e. The van der Waals surface area contributed by atoms with Gasteiger partial charge in [0.2, 0.25) is 11.7 Å². The van der Waals surface area contributed by atoms with E-state index in [1.165, 1.54) is 38.7 Å². The highest BCUT2D eigenvalue weighted by molar-refractivity contribution is 7.19. The van der Waals surface area contributed by atoms with Gasteiger partial charge in [-0.05, 0) is 18.2 Å². The third kappa shape index (κ3) is 3.78. The normalized spacial score (nSPS) is 10.9. The van der Waals surface area contributed by atoms with Crippen LogP contribution in [0, 0.1) is 0 Å². The molecular weight excluding hydrogens is 352 g/mol. The first-order valence-electron chi connectivity index (χ1n) is 7.79. The van der Waals surface area contributed by atoms with Crippen LogP contribution in [-0.4, -0.2) is 32.2 Å². The van der Waals surface area contributed by atoms with Crippen molar-refractivity contribution in [3.05, 3.63) is 47.5 Å². The molecule has 3 aromatic rings. The molecule has 1 amide bonds. The van der Waals surface area contributed by atoms with Crippen molar-refractivity contribution < 1.29 is 19.0 Å². The number of carbonyl (C=O) groups excluding carboxylic acids is 1. The fourth-order valence-corrected chi connectivity index (χ4v) is 3.32. The second-order valence-corrected chi connectivity index (χ2v) is 6.32. The van der Waals surface area contributed by atoms with E-state index < -0.39 is 0 Å². The molecule has 1 N–H and O–H groups in total. The van der Waals surface area contributed by atoms with E-state index in [4.69, 9.17) is 14.2 Å². The zero-order chi connectivity index (χ0) is 18.5. The van der Waals surface area contributed by atoms with Gasteiger partial charge in [-0.15, -0.1) is 11.3 Å². The van der Waals surface area contributed by atoms with E-state index in [-0.39, 0.29) is 5.91 Å². The first-order chi connectivity index (χ1) is 12.6. The Kier molecular flexibility index (Phi) is 5.38. The third-order valence-corrected chi connectivity index (χ3v) is 4.62. The van der Waals surface area contributed by atoms with Gasteiger partial charge >= 0.3 is 0 Å². The average Bonchev–Trinajstić information content (AvgIpc) is 3.08. The number of amides is 1. The Bertz CT molecular complexity index is 907. The molecule has 0 bridgehead atoms. The molecule has 0 aliphatic rings. The first kappa shape index (κ1) is 17.8. The molecule has 26 heavy (non-hydrogen) atoms. The summed E-state index contributed by atoms with van der Waals surface area (Å²) in [5.74, 6) is 1.13. The van der Waals surface area contributed by atoms with E-state index in [1.807, 2.05) is 24.3 Å². The minimum atomic E-state index is -0.279. The van der Waals surface area contributed by atoms with Gasteiger partial charge in [-0.25, -0.2) is 4.98 Å². The Morgan fingerprint density at radius 2 is 1.77 bits per heavy atom. The van der Waals surface area contributed by atoms with Crippen LogP contribution in [0.2, 0.25) is 0 Å². The molecule has 0 spiro atoms. The first-order valence-corrected chi connectivity index (χ1v) is 8.61. The predicted octanol–water partition coefficient (Wildman–Crippen LogP) is 3.97. The van der Waals surface area contributed by atoms with Crippen molar-refractivity contribution in [2.24, 2.45) is 0 Å². The SMILES string of the molecule is COc1cc(NC(=O)C=Cc2nc3ccccc3s2)cc(OC)c1OC. The van der Waals surface area contributed by atoms with E-state index >= 15 is 0 Å². The van der Waals surface area contributed by atoms with Crippen molar-refractivity contribution in [1.82, 2.24) is 4.98 Å². The number of benzene rings is 2. The monoisotopic (exact) mass is 370 g/mol. The Balaban J connectivity index is 1.77. The topological polar surface area (TPSA) is 69.7 Å². The molecule has 0 aliphatic heterocycles. The van der Waals surface area contributed by atoms with Gasteiger partial charge in [0.25, 0.3) is 0 Å². The van der Waals surface area contributed by atoms with E-state index in [0.29, 0.717) is 22.9 Å². The summed E-state index contributed by atoms with van der Waals surface area (Å²) in [6.45, 7) is 0. The highest BCUT2D eigenvalue weighted by Crippen LogP contribution is 2.39. The molecule has 0 saturated carbocycles. The predicted molar refractivity (Wildman–Crippen MR) is 103 cm³/mol. The molecule has 1 heterocycles. The van der Waals surface area contributed by atoms with Gasteiger partial charge in [0.15, 0.2) is 11.5 Å². The lowest BCUT2D eigenvalue weighted by molar-refractivity contribution is -0.111. The van der Waals surface area contributed by atoms with Crippen molar-refractivity contribution in [2.45, 2.75) is 0 Å². The molecule has 0 aliphatic carbocycles. The minimum absolute atomic E-state index is 0.279. The molecule has 0 unspecified atom stereocenters. The Hall–Kier alpha value is -3.06. The summed E-state index contributed by atoms with van der Waals surface area (Å²) in [5, 5.41) is 3.55. The van der Waals surface area contributed by atoms with Gasteiger partial charge in [0, 0.05) is 23.9 Å². The van der Waals surface area contributed by atoms with Crippen LogP contribution in [0.15, 0.2) is 42.5 Å². The number of nitrogens with one attached hydrogen (secondary N) is 1. The summed E-state index contributed by atoms with van der Waals surface area (Å²) < 4.78 is 16.9. The lowest BCUT2D eigenvalue weighted by atomic mass is 10.2. The summed E-state index contributed by atoms with van der Waals surface area (Å²) in [6.07, 6.45) is 3.14. The molecule has 0 fully saturated rings. The van der Waals surface area contributed by atoms with E-state index in [9.17, 15) is 4.79 Å². The van der Waals surface area contributed by atoms with Crippen LogP contribution in [0.5, 0.6) is 17.2 Å². The number of anilines is 1. The number of rotatable bonds is 6. The van der Waals surface area contributed by atoms with Crippen molar-refractivity contribution in [3.8, 4) is 17.2 Å². The van der Waals surface area contributed by atoms with Crippen molar-refractivity contribution >= 4 is 39.2 Å². The van der Waals surface area contributed by atoms with Crippen LogP contribution in [0.1, 0.15) is 5.01 Å². The van der Waals surface area contributed by atoms with Crippen LogP contribution in [-0.2, 0) is 4.79 Å². The summed E-state index contributed by atoms with van der Waals surface area (Å²) in [7, 11) is 4.57. The van der Waals surface area contributed by atoms with Crippen molar-refractivity contribution in [1.29, 1.82) is 0 Å². The Morgan fingerprint density at radius 3 is 2.38 bits per heavy atom. The molecule has 0 radical (unpaired) electrons. The van der Waals surface area contributed by atoms with Gasteiger partial charge in [-0.2, -0.15) is 0 Å². The number of aromatic nitrogens is 1. The second-order valence-electron chi connectivity index (χ2n) is 5.26. The Labute approximate surface area is 155 Å². The fourth-order valence-electron chi connectivity index (χ4n) is 2.45. The van der Waals surface area contributed by atoms with Crippen LogP contribution in [0.4, 0.5) is 5.69 Å². The largest absolute Gasteiger partial charge is 0.493 e. The molecular formula is C19H18N2O4S. The smallest absolute Gasteiger partial charge is 0.248 e. The summed E-state index contributed by atoms with van der Waals surface area (Å²) in [6, 6.07) is 11.2. The number of hydrogen-bond donors (Lipinski definition) is 1. The highest BCUT2D eigenvalue weighted by Gasteiger charge is 2.14. The van der Waals surface area contributed by atoms with Crippen LogP contribution in [0.3, 0.4) is 0 Å². The number of fused-ring (bicyclic) bond motifs is 1. The number of carbonyl (C=O) groups is 1. The van der Waals surface area contributed by atoms with Gasteiger partial charge in [-0.1, -0.05) is 12.1 Å². The second kappa shape index (κ2) is 7.88. The Morgan fingerprint density at radius 1 is 1.08 bits per heavy atom. The van der Waals surface area contributed by atoms with Crippen molar-refractivity contribution in [3.63, 3.8) is 0 Å². The molecule has 134 valence electrons. The number of methoxy groups -OCH3 is 3. The van der Waals surface area contributed by atoms with Gasteiger partial charge in [0.1, 0.15) is 5.01 Å². The highest BCUT2D eigenvalue weighted by atomic mass is 32.1. The van der Waals surface area contributed by atoms with Gasteiger partial charge < -0.3 is 19.5 Å². The van der Waals surface area contributed by atoms with Crippen LogP contribution >= 0.6 is 11.3 Å². The van der Waals surface area contributed by atoms with Crippen LogP contribution in [0.25, 0.3) is 16.3 Å². The zero-order valence-corrected chi connectivity index (χ0v) is 15.4. The maximum Gasteiger partial charge on any atom is 0.248 e. The van der Waals surface area contributed by atoms with Gasteiger partial charge in [-0.3, -0.25) is 4.79 Å². The van der Waals surface area contributed by atoms with E-state index in [0.717, 1.165) is 15.2 Å². The van der Waals surface area contributed by atoms with E-state index in [1.54, 1.807) is 18.2 Å². The average molecular weight is 370 g/mol. The maximum atomic E-state index is 12.2. The summed E-state index contributed by atoms with van der Waals surface area (Å²) in [4.78, 5) is 16.7. The summed E-state index contributed by atoms with van der Waals surface area (Å²) >= 11 is 1.53. The fraction of sp³-hybridized carbons (Fsp3) is 0.158. The molecule has 3 rings (SSSR count).